The van der Waals surface area contributed by atoms with E-state index in [4.69, 9.17) is 17.9 Å². The van der Waals surface area contributed by atoms with Crippen LogP contribution in [0, 0.1) is 0 Å². The molecule has 2 N–H and O–H groups in total. The quantitative estimate of drug-likeness (QED) is 0.465. The molecule has 1 saturated carbocycles. The van der Waals surface area contributed by atoms with E-state index in [9.17, 15) is 26.4 Å². The molecule has 12 nitrogen and oxygen atoms in total. The zero-order valence-corrected chi connectivity index (χ0v) is 22.0. The normalized spacial score (nSPS) is 14.6. The van der Waals surface area contributed by atoms with Crippen molar-refractivity contribution in [1.82, 2.24) is 9.80 Å². The van der Waals surface area contributed by atoms with E-state index in [2.05, 4.69) is 0 Å². The third-order valence-electron chi connectivity index (χ3n) is 5.70. The first-order valence-corrected chi connectivity index (χ1v) is 14.4. The third kappa shape index (κ3) is 7.91. The van der Waals surface area contributed by atoms with Gasteiger partial charge in [0.2, 0.25) is 10.2 Å². The maximum absolute atomic E-state index is 12.1. The second-order valence-corrected chi connectivity index (χ2v) is 11.0. The monoisotopic (exact) mass is 548 g/mol. The Morgan fingerprint density at radius 2 is 1.33 bits per heavy atom. The smallest absolute Gasteiger partial charge is 0.328 e. The Hall–Kier alpha value is -2.68. The topological polar surface area (TPSA) is 176 Å². The first kappa shape index (κ1) is 29.5. The van der Waals surface area contributed by atoms with E-state index >= 15 is 0 Å². The molecule has 14 heteroatoms. The highest BCUT2D eigenvalue weighted by Crippen LogP contribution is 2.24. The summed E-state index contributed by atoms with van der Waals surface area (Å²) in [5.41, 5.74) is 0. The Labute approximate surface area is 210 Å². The Morgan fingerprint density at radius 3 is 1.72 bits per heavy atom. The molecular formula is C22H32N2O10S2. The molecule has 0 spiro atoms. The maximum Gasteiger partial charge on any atom is 0.328 e. The molecule has 0 saturated heterocycles. The van der Waals surface area contributed by atoms with E-state index in [1.165, 1.54) is 23.5 Å². The van der Waals surface area contributed by atoms with Crippen molar-refractivity contribution in [2.75, 3.05) is 20.1 Å². The van der Waals surface area contributed by atoms with Gasteiger partial charge < -0.3 is 18.6 Å². The summed E-state index contributed by atoms with van der Waals surface area (Å²) in [4.78, 5) is 27.1. The van der Waals surface area contributed by atoms with Gasteiger partial charge in [-0.15, -0.1) is 0 Å². The highest BCUT2D eigenvalue weighted by molar-refractivity contribution is 7.85. The van der Waals surface area contributed by atoms with Crippen molar-refractivity contribution < 1.29 is 44.4 Å². The Bertz CT molecular complexity index is 1240. The van der Waals surface area contributed by atoms with Gasteiger partial charge in [0, 0.05) is 26.2 Å². The average Bonchev–Trinajstić information content (AvgIpc) is 3.52. The first-order valence-electron chi connectivity index (χ1n) is 11.5. The lowest BCUT2D eigenvalue weighted by atomic mass is 9.94. The van der Waals surface area contributed by atoms with Gasteiger partial charge in [0.05, 0.1) is 0 Å². The van der Waals surface area contributed by atoms with E-state index in [1.807, 2.05) is 13.8 Å². The fourth-order valence-corrected chi connectivity index (χ4v) is 4.65. The van der Waals surface area contributed by atoms with Crippen LogP contribution >= 0.6 is 0 Å². The van der Waals surface area contributed by atoms with Crippen molar-refractivity contribution in [2.45, 2.75) is 68.6 Å². The summed E-state index contributed by atoms with van der Waals surface area (Å²) in [5.74, 6) is -0.903. The van der Waals surface area contributed by atoms with Crippen LogP contribution < -0.4 is 0 Å². The molecule has 0 bridgehead atoms. The van der Waals surface area contributed by atoms with Crippen LogP contribution in [0.5, 0.6) is 0 Å². The minimum atomic E-state index is -4.40. The second kappa shape index (κ2) is 12.5. The SMILES string of the molecule is CCCN(CC)C(=O)c1ccc(S(=O)(=O)O)o1.CN(C(=O)c1ccc(S(=O)(=O)O)o1)C1CCCCC1. The van der Waals surface area contributed by atoms with Crippen LogP contribution in [0.15, 0.2) is 43.3 Å². The predicted molar refractivity (Wildman–Crippen MR) is 128 cm³/mol. The zero-order chi connectivity index (χ0) is 27.1. The van der Waals surface area contributed by atoms with Crippen LogP contribution in [0.3, 0.4) is 0 Å². The zero-order valence-electron chi connectivity index (χ0n) is 20.4. The summed E-state index contributed by atoms with van der Waals surface area (Å²) in [7, 11) is -7.11. The molecule has 2 heterocycles. The number of nitrogens with zero attached hydrogens (tertiary/aromatic N) is 2. The Balaban J connectivity index is 0.000000255. The van der Waals surface area contributed by atoms with E-state index in [-0.39, 0.29) is 29.4 Å². The molecule has 3 rings (SSSR count). The van der Waals surface area contributed by atoms with Gasteiger partial charge in [-0.25, -0.2) is 0 Å². The second-order valence-electron chi connectivity index (χ2n) is 8.28. The molecule has 0 radical (unpaired) electrons. The number of hydrogen-bond acceptors (Lipinski definition) is 8. The van der Waals surface area contributed by atoms with Crippen molar-refractivity contribution in [1.29, 1.82) is 0 Å². The molecule has 0 aliphatic heterocycles. The summed E-state index contributed by atoms with van der Waals surface area (Å²) in [6.07, 6.45) is 6.08. The number of amides is 2. The molecule has 1 aliphatic rings. The molecule has 2 amide bonds. The Morgan fingerprint density at radius 1 is 0.861 bits per heavy atom. The molecule has 0 atom stereocenters. The van der Waals surface area contributed by atoms with Gasteiger partial charge in [0.1, 0.15) is 0 Å². The van der Waals surface area contributed by atoms with E-state index in [0.717, 1.165) is 44.2 Å². The summed E-state index contributed by atoms with van der Waals surface area (Å²) >= 11 is 0. The molecule has 0 aromatic carbocycles. The van der Waals surface area contributed by atoms with Gasteiger partial charge in [-0.2, -0.15) is 16.8 Å². The van der Waals surface area contributed by atoms with Crippen LogP contribution in [-0.2, 0) is 20.2 Å². The molecule has 2 aromatic rings. The molecule has 2 aromatic heterocycles. The molecule has 1 aliphatic carbocycles. The van der Waals surface area contributed by atoms with Gasteiger partial charge in [0.15, 0.2) is 11.5 Å². The standard InChI is InChI=1S/C12H17NO5S.C10H15NO5S/c1-13(9-5-3-2-4-6-9)12(14)10-7-8-11(18-10)19(15,16)17;1-3-7-11(4-2)10(12)8-5-6-9(16-8)17(13,14)15/h7-9H,2-6H2,1H3,(H,15,16,17);5-6H,3-4,7H2,1-2H3,(H,13,14,15). The molecule has 36 heavy (non-hydrogen) atoms. The fourth-order valence-electron chi connectivity index (χ4n) is 3.78. The van der Waals surface area contributed by atoms with Gasteiger partial charge in [-0.1, -0.05) is 26.2 Å². The molecule has 0 unspecified atom stereocenters. The summed E-state index contributed by atoms with van der Waals surface area (Å²) in [6, 6.07) is 4.81. The van der Waals surface area contributed by atoms with E-state index < -0.39 is 30.4 Å². The van der Waals surface area contributed by atoms with Crippen LogP contribution in [0.1, 0.15) is 73.5 Å². The Kier molecular flexibility index (Phi) is 10.3. The third-order valence-corrected chi connectivity index (χ3v) is 7.15. The van der Waals surface area contributed by atoms with Crippen molar-refractivity contribution in [3.8, 4) is 0 Å². The van der Waals surface area contributed by atoms with Crippen molar-refractivity contribution in [3.05, 3.63) is 35.8 Å². The van der Waals surface area contributed by atoms with E-state index in [1.54, 1.807) is 11.9 Å². The average molecular weight is 549 g/mol. The molecule has 202 valence electrons. The summed E-state index contributed by atoms with van der Waals surface area (Å²) < 4.78 is 70.6. The number of hydrogen-bond donors (Lipinski definition) is 2. The van der Waals surface area contributed by atoms with Crippen LogP contribution in [-0.4, -0.2) is 73.7 Å². The minimum absolute atomic E-state index is 0.0688. The van der Waals surface area contributed by atoms with Gasteiger partial charge in [-0.3, -0.25) is 18.7 Å². The van der Waals surface area contributed by atoms with Crippen LogP contribution in [0.2, 0.25) is 0 Å². The van der Waals surface area contributed by atoms with Crippen LogP contribution in [0.4, 0.5) is 0 Å². The molecule has 1 fully saturated rings. The van der Waals surface area contributed by atoms with Crippen LogP contribution in [0.25, 0.3) is 0 Å². The maximum atomic E-state index is 12.1. The highest BCUT2D eigenvalue weighted by atomic mass is 32.2. The van der Waals surface area contributed by atoms with Gasteiger partial charge in [0.25, 0.3) is 11.8 Å². The lowest BCUT2D eigenvalue weighted by Crippen LogP contribution is -2.38. The van der Waals surface area contributed by atoms with Crippen molar-refractivity contribution in [2.24, 2.45) is 0 Å². The number of rotatable bonds is 8. The largest absolute Gasteiger partial charge is 0.437 e. The van der Waals surface area contributed by atoms with Gasteiger partial charge in [-0.05, 0) is 50.5 Å². The minimum Gasteiger partial charge on any atom is -0.437 e. The predicted octanol–water partition coefficient (Wildman–Crippen LogP) is 3.33. The summed E-state index contributed by atoms with van der Waals surface area (Å²) in [5, 5.41) is -1.22. The lowest BCUT2D eigenvalue weighted by molar-refractivity contribution is 0.0657. The summed E-state index contributed by atoms with van der Waals surface area (Å²) in [6.45, 7) is 4.83. The highest BCUT2D eigenvalue weighted by Gasteiger charge is 2.26. The first-order chi connectivity index (χ1) is 16.8. The van der Waals surface area contributed by atoms with Gasteiger partial charge >= 0.3 is 20.2 Å². The fraction of sp³-hybridized carbons (Fsp3) is 0.545. The molecular weight excluding hydrogens is 516 g/mol. The number of carbonyl (C=O) groups excluding carboxylic acids is 2. The lowest BCUT2D eigenvalue weighted by Gasteiger charge is -2.30. The number of carbonyl (C=O) groups is 2. The van der Waals surface area contributed by atoms with E-state index in [0.29, 0.717) is 13.1 Å². The van der Waals surface area contributed by atoms with Crippen molar-refractivity contribution >= 4 is 32.1 Å². The number of furan rings is 2. The van der Waals surface area contributed by atoms with Crippen molar-refractivity contribution in [3.63, 3.8) is 0 Å².